The molecule has 80 valence electrons. The molecule has 0 amide bonds. The van der Waals surface area contributed by atoms with Gasteiger partial charge in [-0.3, -0.25) is 0 Å². The van der Waals surface area contributed by atoms with Crippen molar-refractivity contribution in [2.75, 3.05) is 5.73 Å². The van der Waals surface area contributed by atoms with Crippen molar-refractivity contribution in [2.24, 2.45) is 0 Å². The van der Waals surface area contributed by atoms with Gasteiger partial charge < -0.3 is 20.3 Å². The predicted octanol–water partition coefficient (Wildman–Crippen LogP) is 2.11. The Kier molecular flexibility index (Phi) is 1.67. The second-order valence-corrected chi connectivity index (χ2v) is 3.54. The van der Waals surface area contributed by atoms with Gasteiger partial charge in [-0.05, 0) is 18.2 Å². The zero-order valence-electron chi connectivity index (χ0n) is 8.27. The van der Waals surface area contributed by atoms with E-state index >= 15 is 0 Å². The van der Waals surface area contributed by atoms with E-state index in [0.29, 0.717) is 11.6 Å². The van der Waals surface area contributed by atoms with Gasteiger partial charge in [0.15, 0.2) is 11.6 Å². The molecule has 0 spiro atoms. The number of nitrogens with zero attached hydrogens (tertiary/aromatic N) is 1. The van der Waals surface area contributed by atoms with E-state index in [1.54, 1.807) is 24.3 Å². The number of aromatic nitrogens is 2. The van der Waals surface area contributed by atoms with Gasteiger partial charge in [0.1, 0.15) is 5.75 Å². The third-order valence-electron chi connectivity index (χ3n) is 2.43. The third kappa shape index (κ3) is 1.22. The highest BCUT2D eigenvalue weighted by molar-refractivity contribution is 5.90. The van der Waals surface area contributed by atoms with Crippen molar-refractivity contribution in [3.05, 3.63) is 30.3 Å². The molecule has 0 aliphatic heterocycles. The van der Waals surface area contributed by atoms with Crippen LogP contribution >= 0.6 is 0 Å². The Labute approximate surface area is 90.5 Å². The number of hydrogen-bond donors (Lipinski definition) is 3. The Bertz CT molecular complexity index is 654. The summed E-state index contributed by atoms with van der Waals surface area (Å²) < 4.78 is 5.03. The van der Waals surface area contributed by atoms with E-state index in [-0.39, 0.29) is 5.75 Å². The summed E-state index contributed by atoms with van der Waals surface area (Å²) in [4.78, 5) is 3.12. The number of anilines is 1. The van der Waals surface area contributed by atoms with Gasteiger partial charge in [-0.2, -0.15) is 0 Å². The Morgan fingerprint density at radius 2 is 2.19 bits per heavy atom. The highest BCUT2D eigenvalue weighted by Gasteiger charge is 2.09. The van der Waals surface area contributed by atoms with Crippen molar-refractivity contribution in [3.8, 4) is 17.2 Å². The molecular weight excluding hydrogens is 206 g/mol. The Morgan fingerprint density at radius 1 is 1.31 bits per heavy atom. The first kappa shape index (κ1) is 8.84. The van der Waals surface area contributed by atoms with Crippen LogP contribution in [-0.4, -0.2) is 15.2 Å². The summed E-state index contributed by atoms with van der Waals surface area (Å²) in [7, 11) is 0. The van der Waals surface area contributed by atoms with Gasteiger partial charge in [-0.25, -0.2) is 0 Å². The lowest BCUT2D eigenvalue weighted by Crippen LogP contribution is -1.79. The maximum atomic E-state index is 9.65. The smallest absolute Gasteiger partial charge is 0.185 e. The molecule has 1 aromatic carbocycles. The maximum Gasteiger partial charge on any atom is 0.185 e. The molecule has 0 bridgehead atoms. The minimum atomic E-state index is 0.229. The van der Waals surface area contributed by atoms with Crippen molar-refractivity contribution in [1.29, 1.82) is 0 Å². The van der Waals surface area contributed by atoms with Gasteiger partial charge in [0.25, 0.3) is 0 Å². The fourth-order valence-corrected chi connectivity index (χ4v) is 1.69. The molecule has 0 aliphatic rings. The lowest BCUT2D eigenvalue weighted by atomic mass is 10.2. The second-order valence-electron chi connectivity index (χ2n) is 3.54. The Hall–Kier alpha value is -2.43. The molecule has 0 unspecified atom stereocenters. The molecular formula is C11H9N3O2. The van der Waals surface area contributed by atoms with Gasteiger partial charge in [-0.1, -0.05) is 11.2 Å². The van der Waals surface area contributed by atoms with Crippen LogP contribution in [0.15, 0.2) is 34.9 Å². The molecule has 2 heterocycles. The summed E-state index contributed by atoms with van der Waals surface area (Å²) in [6, 6.07) is 8.70. The molecule has 16 heavy (non-hydrogen) atoms. The minimum Gasteiger partial charge on any atom is -0.507 e. The van der Waals surface area contributed by atoms with Crippen LogP contribution in [0.4, 0.5) is 5.82 Å². The first-order chi connectivity index (χ1) is 7.74. The fourth-order valence-electron chi connectivity index (χ4n) is 1.69. The maximum absolute atomic E-state index is 9.65. The number of fused-ring (bicyclic) bond motifs is 1. The van der Waals surface area contributed by atoms with Crippen LogP contribution in [0, 0.1) is 0 Å². The van der Waals surface area contributed by atoms with E-state index in [2.05, 4.69) is 10.1 Å². The van der Waals surface area contributed by atoms with E-state index in [4.69, 9.17) is 10.3 Å². The van der Waals surface area contributed by atoms with Crippen molar-refractivity contribution < 1.29 is 9.63 Å². The van der Waals surface area contributed by atoms with Crippen molar-refractivity contribution >= 4 is 16.7 Å². The van der Waals surface area contributed by atoms with E-state index in [1.165, 1.54) is 0 Å². The highest BCUT2D eigenvalue weighted by atomic mass is 16.5. The normalized spacial score (nSPS) is 11.0. The quantitative estimate of drug-likeness (QED) is 0.580. The highest BCUT2D eigenvalue weighted by Crippen LogP contribution is 2.30. The van der Waals surface area contributed by atoms with E-state index in [9.17, 15) is 5.11 Å². The van der Waals surface area contributed by atoms with Gasteiger partial charge in [0, 0.05) is 17.0 Å². The third-order valence-corrected chi connectivity index (χ3v) is 2.43. The molecule has 0 atom stereocenters. The van der Waals surface area contributed by atoms with Gasteiger partial charge in [-0.15, -0.1) is 0 Å². The topological polar surface area (TPSA) is 88.1 Å². The summed E-state index contributed by atoms with van der Waals surface area (Å²) in [5, 5.41) is 14.0. The molecule has 3 rings (SSSR count). The molecule has 0 radical (unpaired) electrons. The van der Waals surface area contributed by atoms with Gasteiger partial charge >= 0.3 is 0 Å². The fraction of sp³-hybridized carbons (Fsp3) is 0. The number of H-pyrrole nitrogens is 1. The molecule has 5 nitrogen and oxygen atoms in total. The summed E-state index contributed by atoms with van der Waals surface area (Å²) in [5.41, 5.74) is 7.05. The number of phenols is 1. The average molecular weight is 215 g/mol. The molecule has 0 saturated heterocycles. The molecule has 2 aromatic heterocycles. The number of aromatic amines is 1. The molecule has 4 N–H and O–H groups in total. The number of nitrogens with two attached hydrogens (primary N) is 1. The number of benzene rings is 1. The summed E-state index contributed by atoms with van der Waals surface area (Å²) >= 11 is 0. The number of phenolic OH excluding ortho intramolecular Hbond substituents is 1. The predicted molar refractivity (Wildman–Crippen MR) is 59.9 cm³/mol. The summed E-state index contributed by atoms with van der Waals surface area (Å²) in [6.07, 6.45) is 0. The van der Waals surface area contributed by atoms with Crippen molar-refractivity contribution in [3.63, 3.8) is 0 Å². The SMILES string of the molecule is Nc1cc(-c2cc3c(O)cccc3[nH]2)on1. The Balaban J connectivity index is 2.22. The van der Waals surface area contributed by atoms with E-state index in [1.807, 2.05) is 6.07 Å². The molecule has 0 aliphatic carbocycles. The first-order valence-corrected chi connectivity index (χ1v) is 4.77. The Morgan fingerprint density at radius 3 is 2.88 bits per heavy atom. The standard InChI is InChI=1S/C11H9N3O2/c12-11-5-10(16-14-11)8-4-6-7(13-8)2-1-3-9(6)15/h1-5,13,15H,(H2,12,14). The number of hydrogen-bond acceptors (Lipinski definition) is 4. The minimum absolute atomic E-state index is 0.229. The van der Waals surface area contributed by atoms with Crippen LogP contribution in [0.5, 0.6) is 5.75 Å². The van der Waals surface area contributed by atoms with Crippen LogP contribution in [0.1, 0.15) is 0 Å². The summed E-state index contributed by atoms with van der Waals surface area (Å²) in [6.45, 7) is 0. The zero-order chi connectivity index (χ0) is 11.1. The van der Waals surface area contributed by atoms with Gasteiger partial charge in [0.05, 0.1) is 5.69 Å². The molecule has 0 fully saturated rings. The van der Waals surface area contributed by atoms with Crippen molar-refractivity contribution in [1.82, 2.24) is 10.1 Å². The van der Waals surface area contributed by atoms with Gasteiger partial charge in [0.2, 0.25) is 0 Å². The van der Waals surface area contributed by atoms with Crippen LogP contribution in [0.3, 0.4) is 0 Å². The zero-order valence-corrected chi connectivity index (χ0v) is 8.27. The molecule has 3 aromatic rings. The van der Waals surface area contributed by atoms with Crippen LogP contribution < -0.4 is 5.73 Å². The average Bonchev–Trinajstić information content (AvgIpc) is 2.84. The largest absolute Gasteiger partial charge is 0.507 e. The lowest BCUT2D eigenvalue weighted by Gasteiger charge is -1.91. The number of rotatable bonds is 1. The molecule has 0 saturated carbocycles. The lowest BCUT2D eigenvalue weighted by molar-refractivity contribution is 0.435. The number of aromatic hydroxyl groups is 1. The number of nitrogen functional groups attached to an aromatic ring is 1. The number of nitrogens with one attached hydrogen (secondary N) is 1. The first-order valence-electron chi connectivity index (χ1n) is 4.77. The van der Waals surface area contributed by atoms with Crippen LogP contribution in [0.25, 0.3) is 22.4 Å². The van der Waals surface area contributed by atoms with E-state index in [0.717, 1.165) is 16.6 Å². The second kappa shape index (κ2) is 3.03. The monoisotopic (exact) mass is 215 g/mol. The molecule has 5 heteroatoms. The summed E-state index contributed by atoms with van der Waals surface area (Å²) in [5.74, 6) is 1.11. The van der Waals surface area contributed by atoms with Crippen LogP contribution in [-0.2, 0) is 0 Å². The van der Waals surface area contributed by atoms with Crippen LogP contribution in [0.2, 0.25) is 0 Å². The van der Waals surface area contributed by atoms with Crippen molar-refractivity contribution in [2.45, 2.75) is 0 Å². The van der Waals surface area contributed by atoms with E-state index < -0.39 is 0 Å².